The molecule has 4 N–H and O–H groups in total. The van der Waals surface area contributed by atoms with Gasteiger partial charge in [0.25, 0.3) is 0 Å². The molecule has 0 rings (SSSR count). The van der Waals surface area contributed by atoms with Crippen LogP contribution >= 0.6 is 15.6 Å². The molecule has 0 fully saturated rings. The first kappa shape index (κ1) is 118. The summed E-state index contributed by atoms with van der Waals surface area (Å²) in [6.07, 6.45) is 124. The molecule has 5 atom stereocenters. The molecule has 0 aromatic rings. The number of hydrogen-bond acceptors (Lipinski definition) is 14. The molecule has 16 nitrogen and oxygen atoms in total. The Kier molecular flexibility index (Phi) is 92.5. The fourth-order valence-corrected chi connectivity index (χ4v) is 15.3. The third kappa shape index (κ3) is 97.6. The third-order valence-corrected chi connectivity index (χ3v) is 23.1. The van der Waals surface area contributed by atoms with E-state index in [0.717, 1.165) is 154 Å². The summed E-state index contributed by atoms with van der Waals surface area (Å²) < 4.78 is 61.6. The molecule has 0 amide bonds. The minimum Gasteiger partial charge on any atom is -0.463 e. The Balaban J connectivity index is 4.56. The first-order valence-corrected chi connectivity index (χ1v) is 52.8. The number of unbranched alkanes of at least 4 members (excludes halogenated alkanes) is 45. The molecule has 708 valence electrons. The molecule has 0 aromatic heterocycles. The number of hydrogen-bond donors (Lipinski definition) is 4. The van der Waals surface area contributed by atoms with Gasteiger partial charge in [-0.15, -0.1) is 0 Å². The molecular formula is C105H182O16P2. The van der Waals surface area contributed by atoms with E-state index in [0.29, 0.717) is 19.3 Å². The van der Waals surface area contributed by atoms with Gasteiger partial charge in [0.2, 0.25) is 0 Å². The minimum absolute atomic E-state index is 0.0931. The van der Waals surface area contributed by atoms with Gasteiger partial charge in [0.15, 0.2) is 6.10 Å². The van der Waals surface area contributed by atoms with Gasteiger partial charge in [0.05, 0.1) is 26.4 Å². The van der Waals surface area contributed by atoms with E-state index >= 15 is 0 Å². The van der Waals surface area contributed by atoms with Crippen molar-refractivity contribution >= 4 is 33.6 Å². The monoisotopic (exact) mass is 1760 g/mol. The van der Waals surface area contributed by atoms with Crippen molar-refractivity contribution in [1.29, 1.82) is 0 Å². The first-order chi connectivity index (χ1) is 60.2. The maximum absolute atomic E-state index is 13.1. The van der Waals surface area contributed by atoms with Crippen LogP contribution in [0, 0.1) is 0 Å². The fraction of sp³-hybridized carbons (Fsp3) is 0.724. The van der Waals surface area contributed by atoms with Crippen molar-refractivity contribution in [2.75, 3.05) is 39.6 Å². The predicted octanol–water partition coefficient (Wildman–Crippen LogP) is 31.2. The van der Waals surface area contributed by atoms with Gasteiger partial charge in [-0.25, -0.2) is 9.13 Å². The van der Waals surface area contributed by atoms with Crippen molar-refractivity contribution in [2.24, 2.45) is 0 Å². The number of aliphatic hydroxyl groups excluding tert-OH is 2. The number of carbonyl (C=O) groups is 3. The van der Waals surface area contributed by atoms with Crippen LogP contribution in [0.15, 0.2) is 158 Å². The Hall–Kier alpha value is -4.83. The smallest absolute Gasteiger partial charge is 0.463 e. The second kappa shape index (κ2) is 96.3. The molecule has 18 heteroatoms. The summed E-state index contributed by atoms with van der Waals surface area (Å²) >= 11 is 0. The van der Waals surface area contributed by atoms with Gasteiger partial charge in [-0.3, -0.25) is 32.5 Å². The second-order valence-corrected chi connectivity index (χ2v) is 36.1. The first-order valence-electron chi connectivity index (χ1n) is 49.8. The number of aliphatic hydroxyl groups is 2. The lowest BCUT2D eigenvalue weighted by Gasteiger charge is -2.21. The van der Waals surface area contributed by atoms with Crippen LogP contribution in [-0.4, -0.2) is 95.9 Å². The fourth-order valence-electron chi connectivity index (χ4n) is 13.7. The van der Waals surface area contributed by atoms with Gasteiger partial charge in [0, 0.05) is 19.3 Å². The quantitative estimate of drug-likeness (QED) is 0.0146. The zero-order valence-electron chi connectivity index (χ0n) is 78.3. The number of phosphoric acid groups is 2. The number of rotatable bonds is 94. The molecule has 0 bridgehead atoms. The van der Waals surface area contributed by atoms with E-state index in [1.54, 1.807) is 0 Å². The van der Waals surface area contributed by atoms with E-state index in [2.05, 4.69) is 179 Å². The Labute approximate surface area is 752 Å². The molecule has 123 heavy (non-hydrogen) atoms. The molecule has 0 saturated carbocycles. The van der Waals surface area contributed by atoms with E-state index in [4.69, 9.17) is 32.3 Å². The normalized spacial score (nSPS) is 14.4. The van der Waals surface area contributed by atoms with Crippen molar-refractivity contribution in [3.63, 3.8) is 0 Å². The number of allylic oxidation sites excluding steroid dienone is 26. The highest BCUT2D eigenvalue weighted by molar-refractivity contribution is 7.47. The predicted molar refractivity (Wildman–Crippen MR) is 519 cm³/mol. The SMILES string of the molecule is CC/C=C\C/C=C\C/C=C\C/C=C\C/C=C\CCCCCCCCCCCC(=O)OC(COC(=O)CCCCCCCCCCCCC/C=C\C/C=C\C/C=C\C/C=C\CCCCC)COP(=O)(O)OCC(O)COP(=O)(O)OCC(O)COC(=O)CCCCCCCCCCCCCCCCCCCCC/C=C\C/C=C\C/C=C\C/C=C\CCCCC. The average Bonchev–Trinajstić information content (AvgIpc) is 0.916. The highest BCUT2D eigenvalue weighted by Crippen LogP contribution is 2.45. The molecule has 5 unspecified atom stereocenters. The number of carbonyl (C=O) groups excluding carboxylic acids is 3. The zero-order chi connectivity index (χ0) is 89.3. The van der Waals surface area contributed by atoms with E-state index in [-0.39, 0.29) is 19.3 Å². The van der Waals surface area contributed by atoms with E-state index < -0.39 is 91.5 Å². The summed E-state index contributed by atoms with van der Waals surface area (Å²) in [5, 5.41) is 20.8. The lowest BCUT2D eigenvalue weighted by molar-refractivity contribution is -0.161. The van der Waals surface area contributed by atoms with Crippen molar-refractivity contribution in [3.8, 4) is 0 Å². The Bertz CT molecular complexity index is 2870. The maximum Gasteiger partial charge on any atom is 0.472 e. The van der Waals surface area contributed by atoms with Crippen molar-refractivity contribution < 1.29 is 75.8 Å². The summed E-state index contributed by atoms with van der Waals surface area (Å²) in [6, 6.07) is 0. The minimum atomic E-state index is -4.95. The highest BCUT2D eigenvalue weighted by Gasteiger charge is 2.30. The van der Waals surface area contributed by atoms with Gasteiger partial charge in [-0.05, 0) is 154 Å². The Morgan fingerprint density at radius 2 is 0.431 bits per heavy atom. The van der Waals surface area contributed by atoms with Crippen LogP contribution in [0.2, 0.25) is 0 Å². The van der Waals surface area contributed by atoms with Crippen LogP contribution in [0.5, 0.6) is 0 Å². The summed E-state index contributed by atoms with van der Waals surface area (Å²) in [6.45, 7) is 2.57. The van der Waals surface area contributed by atoms with Crippen LogP contribution in [0.3, 0.4) is 0 Å². The summed E-state index contributed by atoms with van der Waals surface area (Å²) in [7, 11) is -9.82. The number of phosphoric ester groups is 2. The molecular weight excluding hydrogens is 1580 g/mol. The van der Waals surface area contributed by atoms with Crippen LogP contribution in [0.1, 0.15) is 432 Å². The van der Waals surface area contributed by atoms with Gasteiger partial charge in [0.1, 0.15) is 25.4 Å². The van der Waals surface area contributed by atoms with Crippen LogP contribution in [-0.2, 0) is 55.8 Å². The third-order valence-electron chi connectivity index (χ3n) is 21.2. The van der Waals surface area contributed by atoms with Gasteiger partial charge < -0.3 is 34.2 Å². The molecule has 0 saturated heterocycles. The number of ether oxygens (including phenoxy) is 3. The topological polar surface area (TPSA) is 231 Å². The molecule has 0 aliphatic carbocycles. The lowest BCUT2D eigenvalue weighted by atomic mass is 10.0. The van der Waals surface area contributed by atoms with E-state index in [1.807, 2.05) is 0 Å². The number of esters is 3. The van der Waals surface area contributed by atoms with E-state index in [1.165, 1.54) is 218 Å². The van der Waals surface area contributed by atoms with Gasteiger partial charge >= 0.3 is 33.6 Å². The highest BCUT2D eigenvalue weighted by atomic mass is 31.2. The van der Waals surface area contributed by atoms with Crippen molar-refractivity contribution in [2.45, 2.75) is 450 Å². The standard InChI is InChI=1S/C105H182O16P2/c1-4-7-10-13-16-19-22-25-28-31-34-37-40-43-45-46-47-48-49-50-51-52-54-57-58-61-64-67-70-73-76-79-82-85-88-91-103(108)115-94-100(106)95-117-122(111,112)118-96-101(107)97-119-123(113,114)120-99-102(121-105(110)93-90-87-84-81-78-75-72-69-66-63-60-55-42-39-36-33-30-27-24-21-18-15-12-9-6-3)98-116-104(109)92-89-86-83-80-77-74-71-68-65-62-59-56-53-44-41-38-35-32-29-26-23-20-17-14-11-8-5-2/h9,12,16-21,25-30,34-39,43-45,53,55,60,100-102,106-107H,4-8,10-11,13-15,22-24,31-33,40-42,46-52,54,56-59,61-99H2,1-3H3,(H,111,112)(H,113,114)/b12-9-,19-16-,20-17-,21-18-,28-25-,29-26-,30-27-,37-34-,38-35-,39-36-,45-43-,53-44-,60-55-. The van der Waals surface area contributed by atoms with Crippen LogP contribution < -0.4 is 0 Å². The Morgan fingerprint density at radius 3 is 0.683 bits per heavy atom. The van der Waals surface area contributed by atoms with Crippen LogP contribution in [0.4, 0.5) is 0 Å². The van der Waals surface area contributed by atoms with Crippen LogP contribution in [0.25, 0.3) is 0 Å². The Morgan fingerprint density at radius 1 is 0.236 bits per heavy atom. The van der Waals surface area contributed by atoms with Crippen molar-refractivity contribution in [1.82, 2.24) is 0 Å². The average molecular weight is 1760 g/mol. The van der Waals surface area contributed by atoms with Gasteiger partial charge in [-0.1, -0.05) is 416 Å². The second-order valence-electron chi connectivity index (χ2n) is 33.2. The molecule has 0 spiro atoms. The molecule has 0 aliphatic heterocycles. The van der Waals surface area contributed by atoms with Gasteiger partial charge in [-0.2, -0.15) is 0 Å². The maximum atomic E-state index is 13.1. The van der Waals surface area contributed by atoms with E-state index in [9.17, 15) is 43.5 Å². The molecule has 0 aromatic carbocycles. The van der Waals surface area contributed by atoms with Crippen molar-refractivity contribution in [3.05, 3.63) is 158 Å². The lowest BCUT2D eigenvalue weighted by Crippen LogP contribution is -2.30. The summed E-state index contributed by atoms with van der Waals surface area (Å²) in [5.74, 6) is -1.57. The zero-order valence-corrected chi connectivity index (χ0v) is 80.1. The molecule has 0 aliphatic rings. The summed E-state index contributed by atoms with van der Waals surface area (Å²) in [4.78, 5) is 59.1. The molecule has 0 heterocycles. The summed E-state index contributed by atoms with van der Waals surface area (Å²) in [5.41, 5.74) is 0. The largest absolute Gasteiger partial charge is 0.472 e. The molecule has 0 radical (unpaired) electrons.